The van der Waals surface area contributed by atoms with Crippen molar-refractivity contribution in [3.63, 3.8) is 0 Å². The van der Waals surface area contributed by atoms with Gasteiger partial charge in [-0.15, -0.1) is 0 Å². The molecule has 1 rings (SSSR count). The average Bonchev–Trinajstić information content (AvgIpc) is 2.15. The molecule has 0 heterocycles. The molecule has 0 aromatic heterocycles. The van der Waals surface area contributed by atoms with Crippen LogP contribution in [0.4, 0.5) is 4.39 Å². The first kappa shape index (κ1) is 9.86. The standard InChI is InChI=1S/C9H5FN2O2/c10-9-5-7(3-4-12(13)14)1-2-8(9)6-11/h1-5H/b4-3+. The molecule has 0 aliphatic heterocycles. The fourth-order valence-electron chi connectivity index (χ4n) is 0.873. The van der Waals surface area contributed by atoms with Crippen LogP contribution in [0.5, 0.6) is 0 Å². The zero-order valence-electron chi connectivity index (χ0n) is 6.98. The molecule has 1 aromatic carbocycles. The van der Waals surface area contributed by atoms with Gasteiger partial charge in [-0.05, 0) is 17.7 Å². The first-order valence-electron chi connectivity index (χ1n) is 3.65. The van der Waals surface area contributed by atoms with Gasteiger partial charge >= 0.3 is 0 Å². The van der Waals surface area contributed by atoms with E-state index in [4.69, 9.17) is 5.26 Å². The zero-order chi connectivity index (χ0) is 10.6. The Balaban J connectivity index is 2.99. The van der Waals surface area contributed by atoms with Gasteiger partial charge in [-0.25, -0.2) is 4.39 Å². The topological polar surface area (TPSA) is 66.9 Å². The predicted octanol–water partition coefficient (Wildman–Crippen LogP) is 1.94. The fraction of sp³-hybridized carbons (Fsp3) is 0. The number of nitro groups is 1. The van der Waals surface area contributed by atoms with Crippen LogP contribution >= 0.6 is 0 Å². The summed E-state index contributed by atoms with van der Waals surface area (Å²) in [6.45, 7) is 0. The molecule has 0 spiro atoms. The van der Waals surface area contributed by atoms with Crippen LogP contribution in [-0.2, 0) is 0 Å². The molecule has 5 heteroatoms. The van der Waals surface area contributed by atoms with Crippen molar-refractivity contribution in [3.05, 3.63) is 51.5 Å². The summed E-state index contributed by atoms with van der Waals surface area (Å²) in [6.07, 6.45) is 1.87. The van der Waals surface area contributed by atoms with Crippen LogP contribution < -0.4 is 0 Å². The Kier molecular flexibility index (Phi) is 2.92. The Morgan fingerprint density at radius 1 is 1.57 bits per heavy atom. The molecular weight excluding hydrogens is 187 g/mol. The highest BCUT2D eigenvalue weighted by molar-refractivity contribution is 5.50. The van der Waals surface area contributed by atoms with Crippen LogP contribution in [0.15, 0.2) is 24.4 Å². The predicted molar refractivity (Wildman–Crippen MR) is 47.1 cm³/mol. The second kappa shape index (κ2) is 4.14. The van der Waals surface area contributed by atoms with Gasteiger partial charge in [0, 0.05) is 6.08 Å². The highest BCUT2D eigenvalue weighted by Gasteiger charge is 2.00. The summed E-state index contributed by atoms with van der Waals surface area (Å²) in [5.74, 6) is -0.682. The lowest BCUT2D eigenvalue weighted by Gasteiger charge is -1.94. The van der Waals surface area contributed by atoms with Crippen molar-refractivity contribution >= 4 is 6.08 Å². The molecule has 0 atom stereocenters. The number of rotatable bonds is 2. The number of halogens is 1. The summed E-state index contributed by atoms with van der Waals surface area (Å²) in [7, 11) is 0. The van der Waals surface area contributed by atoms with Crippen LogP contribution in [0.2, 0.25) is 0 Å². The number of hydrogen-bond acceptors (Lipinski definition) is 3. The van der Waals surface area contributed by atoms with E-state index in [1.54, 1.807) is 6.07 Å². The Bertz CT molecular complexity index is 435. The number of nitriles is 1. The van der Waals surface area contributed by atoms with Crippen LogP contribution in [0.3, 0.4) is 0 Å². The third-order valence-electron chi connectivity index (χ3n) is 1.50. The maximum absolute atomic E-state index is 12.9. The van der Waals surface area contributed by atoms with Gasteiger partial charge in [0.2, 0.25) is 6.20 Å². The smallest absolute Gasteiger partial charge is 0.235 e. The lowest BCUT2D eigenvalue weighted by atomic mass is 10.1. The summed E-state index contributed by atoms with van der Waals surface area (Å²) in [5, 5.41) is 18.4. The number of hydrogen-bond donors (Lipinski definition) is 0. The van der Waals surface area contributed by atoms with Crippen LogP contribution in [-0.4, -0.2) is 4.92 Å². The Hall–Kier alpha value is -2.22. The lowest BCUT2D eigenvalue weighted by Crippen LogP contribution is -1.86. The summed E-state index contributed by atoms with van der Waals surface area (Å²) < 4.78 is 12.9. The molecule has 1 aromatic rings. The molecule has 14 heavy (non-hydrogen) atoms. The molecule has 0 N–H and O–H groups in total. The SMILES string of the molecule is N#Cc1ccc(/C=C/[N+](=O)[O-])cc1F. The van der Waals surface area contributed by atoms with E-state index in [1.165, 1.54) is 12.1 Å². The first-order valence-corrected chi connectivity index (χ1v) is 3.65. The molecule has 4 nitrogen and oxygen atoms in total. The van der Waals surface area contributed by atoms with Crippen LogP contribution in [0, 0.1) is 27.3 Å². The quantitative estimate of drug-likeness (QED) is 0.531. The molecule has 70 valence electrons. The van der Waals surface area contributed by atoms with Crippen LogP contribution in [0.25, 0.3) is 6.08 Å². The van der Waals surface area contributed by atoms with E-state index >= 15 is 0 Å². The molecule has 0 saturated heterocycles. The summed E-state index contributed by atoms with van der Waals surface area (Å²) in [5.41, 5.74) is 0.265. The van der Waals surface area contributed by atoms with E-state index in [9.17, 15) is 14.5 Å². The van der Waals surface area contributed by atoms with E-state index in [-0.39, 0.29) is 5.56 Å². The average molecular weight is 192 g/mol. The van der Waals surface area contributed by atoms with E-state index in [0.29, 0.717) is 11.8 Å². The van der Waals surface area contributed by atoms with Crippen LogP contribution in [0.1, 0.15) is 11.1 Å². The highest BCUT2D eigenvalue weighted by Crippen LogP contribution is 2.10. The van der Waals surface area contributed by atoms with E-state index in [1.807, 2.05) is 0 Å². The van der Waals surface area contributed by atoms with Gasteiger partial charge in [-0.3, -0.25) is 10.1 Å². The van der Waals surface area contributed by atoms with Gasteiger partial charge in [0.1, 0.15) is 11.9 Å². The molecule has 0 amide bonds. The third kappa shape index (κ3) is 2.38. The van der Waals surface area contributed by atoms with E-state index in [0.717, 1.165) is 12.1 Å². The second-order valence-corrected chi connectivity index (χ2v) is 2.45. The van der Waals surface area contributed by atoms with Gasteiger partial charge in [0.15, 0.2) is 0 Å². The maximum Gasteiger partial charge on any atom is 0.235 e. The molecule has 0 bridgehead atoms. The van der Waals surface area contributed by atoms with Gasteiger partial charge in [-0.2, -0.15) is 5.26 Å². The second-order valence-electron chi connectivity index (χ2n) is 2.45. The van der Waals surface area contributed by atoms with E-state index in [2.05, 4.69) is 0 Å². The van der Waals surface area contributed by atoms with Gasteiger partial charge in [0.25, 0.3) is 0 Å². The van der Waals surface area contributed by atoms with Gasteiger partial charge < -0.3 is 0 Å². The summed E-state index contributed by atoms with van der Waals surface area (Å²) in [6, 6.07) is 5.43. The monoisotopic (exact) mass is 192 g/mol. The van der Waals surface area contributed by atoms with Crippen molar-refractivity contribution in [3.8, 4) is 6.07 Å². The Labute approximate surface area is 79.0 Å². The van der Waals surface area contributed by atoms with Crippen molar-refractivity contribution in [2.75, 3.05) is 0 Å². The highest BCUT2D eigenvalue weighted by atomic mass is 19.1. The minimum atomic E-state index is -0.682. The summed E-state index contributed by atoms with van der Waals surface area (Å²) >= 11 is 0. The summed E-state index contributed by atoms with van der Waals surface area (Å²) in [4.78, 5) is 9.31. The molecule has 0 radical (unpaired) electrons. The normalized spacial score (nSPS) is 10.0. The molecule has 0 fully saturated rings. The molecular formula is C9H5FN2O2. The minimum Gasteiger partial charge on any atom is -0.259 e. The third-order valence-corrected chi connectivity index (χ3v) is 1.50. The molecule has 0 saturated carbocycles. The van der Waals surface area contributed by atoms with Crippen molar-refractivity contribution in [1.82, 2.24) is 0 Å². The first-order chi connectivity index (χ1) is 6.63. The number of benzene rings is 1. The lowest BCUT2D eigenvalue weighted by molar-refractivity contribution is -0.400. The van der Waals surface area contributed by atoms with Gasteiger partial charge in [-0.1, -0.05) is 6.07 Å². The Morgan fingerprint density at radius 2 is 2.29 bits per heavy atom. The van der Waals surface area contributed by atoms with Crippen molar-refractivity contribution in [1.29, 1.82) is 5.26 Å². The van der Waals surface area contributed by atoms with E-state index < -0.39 is 10.7 Å². The minimum absolute atomic E-state index is 0.0803. The largest absolute Gasteiger partial charge is 0.259 e. The molecule has 0 aliphatic carbocycles. The van der Waals surface area contributed by atoms with Gasteiger partial charge in [0.05, 0.1) is 10.5 Å². The fourth-order valence-corrected chi connectivity index (χ4v) is 0.873. The Morgan fingerprint density at radius 3 is 2.79 bits per heavy atom. The maximum atomic E-state index is 12.9. The number of nitrogens with zero attached hydrogens (tertiary/aromatic N) is 2. The molecule has 0 unspecified atom stereocenters. The van der Waals surface area contributed by atoms with Crippen molar-refractivity contribution in [2.45, 2.75) is 0 Å². The molecule has 0 aliphatic rings. The van der Waals surface area contributed by atoms with Crippen molar-refractivity contribution < 1.29 is 9.31 Å². The van der Waals surface area contributed by atoms with Crippen molar-refractivity contribution in [2.24, 2.45) is 0 Å². The zero-order valence-corrected chi connectivity index (χ0v) is 6.98.